The number of carbonyl (C=O) groups is 2. The molecule has 0 unspecified atom stereocenters. The molecule has 7 rings (SSSR count). The number of nitrogens with zero attached hydrogens (tertiary/aromatic N) is 3. The number of rotatable bonds is 4. The summed E-state index contributed by atoms with van der Waals surface area (Å²) in [5.74, 6) is -0.693. The lowest BCUT2D eigenvalue weighted by atomic mass is 10.1. The van der Waals surface area contributed by atoms with Crippen LogP contribution in [-0.4, -0.2) is 44.1 Å². The molecular weight excluding hydrogens is 636 g/mol. The average Bonchev–Trinajstić information content (AvgIpc) is 3.40. The van der Waals surface area contributed by atoms with Crippen molar-refractivity contribution >= 4 is 50.2 Å². The van der Waals surface area contributed by atoms with Crippen molar-refractivity contribution in [1.82, 2.24) is 4.98 Å². The number of anilines is 3. The van der Waals surface area contributed by atoms with Gasteiger partial charge in [-0.1, -0.05) is 54.6 Å². The first-order valence-electron chi connectivity index (χ1n) is 15.3. The first-order chi connectivity index (χ1) is 22.6. The van der Waals surface area contributed by atoms with Crippen LogP contribution in [0.3, 0.4) is 0 Å². The van der Waals surface area contributed by atoms with E-state index in [1.807, 2.05) is 54.3 Å². The lowest BCUT2D eigenvalue weighted by molar-refractivity contribution is 0.0981. The average molecular weight is 667 g/mol. The van der Waals surface area contributed by atoms with Gasteiger partial charge in [-0.3, -0.25) is 9.59 Å². The summed E-state index contributed by atoms with van der Waals surface area (Å²) in [7, 11) is -3.47. The van der Waals surface area contributed by atoms with E-state index in [9.17, 15) is 22.4 Å². The second-order valence-electron chi connectivity index (χ2n) is 11.7. The Balaban J connectivity index is 1.18. The fraction of sp³-hybridized carbons (Fsp3) is 0.194. The molecule has 1 atom stereocenters. The second kappa shape index (κ2) is 12.1. The highest BCUT2D eigenvalue weighted by atomic mass is 32.2. The number of nitrogens with one attached hydrogen (secondary N) is 1. The van der Waals surface area contributed by atoms with E-state index in [0.29, 0.717) is 45.4 Å². The van der Waals surface area contributed by atoms with Gasteiger partial charge in [0.05, 0.1) is 32.9 Å². The van der Waals surface area contributed by atoms with Crippen molar-refractivity contribution in [3.05, 3.63) is 124 Å². The summed E-state index contributed by atoms with van der Waals surface area (Å²) in [6.07, 6.45) is 0.496. The van der Waals surface area contributed by atoms with Crippen molar-refractivity contribution in [2.45, 2.75) is 31.2 Å². The smallest absolute Gasteiger partial charge is 0.276 e. The molecule has 3 aromatic carbocycles. The van der Waals surface area contributed by atoms with Crippen molar-refractivity contribution in [2.24, 2.45) is 0 Å². The first kappa shape index (κ1) is 30.8. The number of aromatic nitrogens is 1. The summed E-state index contributed by atoms with van der Waals surface area (Å²) in [6, 6.07) is 26.1. The molecule has 11 heteroatoms. The Labute approximate surface area is 276 Å². The Morgan fingerprint density at radius 2 is 1.72 bits per heavy atom. The predicted octanol–water partition coefficient (Wildman–Crippen LogP) is 7.07. The molecule has 2 amide bonds. The molecule has 1 N–H and O–H groups in total. The standard InChI is InChI=1S/C36H31FN4O4S2/c1-22-9-7-12-27(37)33(22)39-35(42)30-21-24-17-18-41(29-14-5-3-11-26(29)34(24)46-30)36(43)28-13-8-16-32(38-28)40-19-20-47(44,45)31-15-6-4-10-25(31)23(40)2/h3-16,21,23H,17-20H2,1-2H3,(H,39,42)/t23-/m0/s1. The molecule has 0 spiro atoms. The van der Waals surface area contributed by atoms with Gasteiger partial charge >= 0.3 is 0 Å². The molecule has 2 aromatic heterocycles. The van der Waals surface area contributed by atoms with Crippen LogP contribution in [0.15, 0.2) is 95.9 Å². The summed E-state index contributed by atoms with van der Waals surface area (Å²) >= 11 is 1.31. The Bertz CT molecular complexity index is 2140. The number of carbonyl (C=O) groups excluding carboxylic acids is 2. The van der Waals surface area contributed by atoms with Crippen LogP contribution in [0.1, 0.15) is 49.8 Å². The second-order valence-corrected chi connectivity index (χ2v) is 14.8. The minimum Gasteiger partial charge on any atom is -0.349 e. The maximum Gasteiger partial charge on any atom is 0.276 e. The minimum atomic E-state index is -3.47. The third-order valence-electron chi connectivity index (χ3n) is 8.80. The highest BCUT2D eigenvalue weighted by molar-refractivity contribution is 7.91. The van der Waals surface area contributed by atoms with Crippen molar-refractivity contribution in [3.63, 3.8) is 0 Å². The number of fused-ring (bicyclic) bond motifs is 4. The van der Waals surface area contributed by atoms with E-state index in [1.165, 1.54) is 17.4 Å². The fourth-order valence-electron chi connectivity index (χ4n) is 6.34. The molecule has 5 aromatic rings. The largest absolute Gasteiger partial charge is 0.349 e. The number of sulfone groups is 1. The molecular formula is C36H31FN4O4S2. The Hall–Kier alpha value is -4.87. The van der Waals surface area contributed by atoms with E-state index < -0.39 is 15.7 Å². The van der Waals surface area contributed by atoms with Gasteiger partial charge in [-0.15, -0.1) is 11.3 Å². The summed E-state index contributed by atoms with van der Waals surface area (Å²) in [5, 5.41) is 2.73. The van der Waals surface area contributed by atoms with Crippen molar-refractivity contribution in [1.29, 1.82) is 0 Å². The molecule has 2 aliphatic heterocycles. The quantitative estimate of drug-likeness (QED) is 0.220. The van der Waals surface area contributed by atoms with Crippen LogP contribution in [0.2, 0.25) is 0 Å². The molecule has 0 saturated carbocycles. The third kappa shape index (κ3) is 5.59. The minimum absolute atomic E-state index is 0.0595. The van der Waals surface area contributed by atoms with Gasteiger partial charge < -0.3 is 15.1 Å². The van der Waals surface area contributed by atoms with Crippen LogP contribution < -0.4 is 15.1 Å². The molecule has 47 heavy (non-hydrogen) atoms. The van der Waals surface area contributed by atoms with Crippen LogP contribution in [0.25, 0.3) is 10.4 Å². The SMILES string of the molecule is Cc1cccc(F)c1NC(=O)c1cc2c(s1)-c1ccccc1N(C(=O)c1cccc(N3CCS(=O)(=O)c4ccccc4[C@@H]3C)n1)CC2. The molecule has 0 fully saturated rings. The van der Waals surface area contributed by atoms with Gasteiger partial charge in [0.15, 0.2) is 9.84 Å². The van der Waals surface area contributed by atoms with E-state index in [1.54, 1.807) is 54.3 Å². The highest BCUT2D eigenvalue weighted by Gasteiger charge is 2.32. The van der Waals surface area contributed by atoms with Gasteiger partial charge in [-0.25, -0.2) is 17.8 Å². The summed E-state index contributed by atoms with van der Waals surface area (Å²) in [4.78, 5) is 37.5. The first-order valence-corrected chi connectivity index (χ1v) is 17.7. The number of hydrogen-bond acceptors (Lipinski definition) is 7. The van der Waals surface area contributed by atoms with E-state index in [4.69, 9.17) is 4.98 Å². The van der Waals surface area contributed by atoms with Crippen LogP contribution in [0.4, 0.5) is 21.6 Å². The van der Waals surface area contributed by atoms with E-state index in [0.717, 1.165) is 16.0 Å². The van der Waals surface area contributed by atoms with E-state index in [-0.39, 0.29) is 41.5 Å². The number of para-hydroxylation sites is 2. The fourth-order valence-corrected chi connectivity index (χ4v) is 9.02. The monoisotopic (exact) mass is 666 g/mol. The van der Waals surface area contributed by atoms with E-state index in [2.05, 4.69) is 5.32 Å². The number of aryl methyl sites for hydroxylation is 1. The molecule has 4 heterocycles. The normalized spacial score (nSPS) is 16.7. The molecule has 238 valence electrons. The van der Waals surface area contributed by atoms with Gasteiger partial charge in [-0.05, 0) is 73.4 Å². The number of thiophene rings is 1. The van der Waals surface area contributed by atoms with E-state index >= 15 is 0 Å². The summed E-state index contributed by atoms with van der Waals surface area (Å²) in [5.41, 5.74) is 4.18. The van der Waals surface area contributed by atoms with Crippen LogP contribution in [0.5, 0.6) is 0 Å². The van der Waals surface area contributed by atoms with Gasteiger partial charge in [0.25, 0.3) is 11.8 Å². The molecule has 0 aliphatic carbocycles. The van der Waals surface area contributed by atoms with Crippen LogP contribution >= 0.6 is 11.3 Å². The topological polar surface area (TPSA) is 99.7 Å². The van der Waals surface area contributed by atoms with Crippen molar-refractivity contribution in [3.8, 4) is 10.4 Å². The molecule has 8 nitrogen and oxygen atoms in total. The Morgan fingerprint density at radius 3 is 2.55 bits per heavy atom. The number of hydrogen-bond donors (Lipinski definition) is 1. The zero-order chi connectivity index (χ0) is 32.9. The van der Waals surface area contributed by atoms with Crippen molar-refractivity contribution < 1.29 is 22.4 Å². The molecule has 0 radical (unpaired) electrons. The summed E-state index contributed by atoms with van der Waals surface area (Å²) < 4.78 is 40.5. The van der Waals surface area contributed by atoms with Gasteiger partial charge in [-0.2, -0.15) is 0 Å². The highest BCUT2D eigenvalue weighted by Crippen LogP contribution is 2.42. The lowest BCUT2D eigenvalue weighted by Crippen LogP contribution is -2.34. The van der Waals surface area contributed by atoms with Crippen LogP contribution in [0, 0.1) is 12.7 Å². The van der Waals surface area contributed by atoms with Crippen LogP contribution in [-0.2, 0) is 16.3 Å². The number of pyridine rings is 1. The molecule has 0 saturated heterocycles. The Kier molecular flexibility index (Phi) is 7.89. The molecule has 0 bridgehead atoms. The maximum absolute atomic E-state index is 14.4. The zero-order valence-corrected chi connectivity index (χ0v) is 27.4. The third-order valence-corrected chi connectivity index (χ3v) is 11.8. The number of benzene rings is 3. The zero-order valence-electron chi connectivity index (χ0n) is 25.7. The predicted molar refractivity (Wildman–Crippen MR) is 183 cm³/mol. The summed E-state index contributed by atoms with van der Waals surface area (Å²) in [6.45, 7) is 4.28. The Morgan fingerprint density at radius 1 is 0.957 bits per heavy atom. The van der Waals surface area contributed by atoms with Gasteiger partial charge in [0, 0.05) is 23.5 Å². The lowest BCUT2D eigenvalue weighted by Gasteiger charge is -2.29. The van der Waals surface area contributed by atoms with Gasteiger partial charge in [0.2, 0.25) is 0 Å². The van der Waals surface area contributed by atoms with Gasteiger partial charge in [0.1, 0.15) is 17.3 Å². The maximum atomic E-state index is 14.4. The number of halogens is 1. The number of amides is 2. The van der Waals surface area contributed by atoms with Crippen molar-refractivity contribution in [2.75, 3.05) is 34.0 Å². The molecule has 2 aliphatic rings.